The third kappa shape index (κ3) is 2.30. The summed E-state index contributed by atoms with van der Waals surface area (Å²) in [6.45, 7) is 4.51. The second kappa shape index (κ2) is 4.20. The van der Waals surface area contributed by atoms with Gasteiger partial charge in [-0.25, -0.2) is 4.99 Å². The molecular weight excluding hydrogens is 218 g/mol. The summed E-state index contributed by atoms with van der Waals surface area (Å²) < 4.78 is 10.6. The molecule has 0 spiro atoms. The quantitative estimate of drug-likeness (QED) is 0.751. The molecule has 0 saturated heterocycles. The Labute approximate surface area is 100 Å². The van der Waals surface area contributed by atoms with E-state index >= 15 is 0 Å². The van der Waals surface area contributed by atoms with E-state index in [0.29, 0.717) is 29.4 Å². The summed E-state index contributed by atoms with van der Waals surface area (Å²) in [7, 11) is 1.57. The third-order valence-electron chi connectivity index (χ3n) is 2.58. The minimum absolute atomic E-state index is 0.227. The van der Waals surface area contributed by atoms with Crippen molar-refractivity contribution in [3.8, 4) is 5.75 Å². The van der Waals surface area contributed by atoms with Crippen LogP contribution in [-0.2, 0) is 4.74 Å². The van der Waals surface area contributed by atoms with Crippen LogP contribution in [0.1, 0.15) is 29.8 Å². The first kappa shape index (κ1) is 11.6. The highest BCUT2D eigenvalue weighted by Crippen LogP contribution is 2.24. The molecule has 0 amide bonds. The zero-order valence-corrected chi connectivity index (χ0v) is 10.2. The Bertz CT molecular complexity index is 478. The minimum Gasteiger partial charge on any atom is -0.497 e. The highest BCUT2D eigenvalue weighted by molar-refractivity contribution is 6.02. The second-order valence-electron chi connectivity index (χ2n) is 4.59. The fourth-order valence-electron chi connectivity index (χ4n) is 1.68. The van der Waals surface area contributed by atoms with Crippen LogP contribution in [0.2, 0.25) is 0 Å². The number of hydrogen-bond acceptors (Lipinski definition) is 4. The third-order valence-corrected chi connectivity index (χ3v) is 2.58. The predicted octanol–water partition coefficient (Wildman–Crippen LogP) is 2.06. The fraction of sp³-hybridized carbons (Fsp3) is 0.385. The zero-order valence-electron chi connectivity index (χ0n) is 10.2. The number of benzene rings is 1. The highest BCUT2D eigenvalue weighted by atomic mass is 16.5. The van der Waals surface area contributed by atoms with Crippen LogP contribution in [0.3, 0.4) is 0 Å². The summed E-state index contributed by atoms with van der Waals surface area (Å²) in [4.78, 5) is 15.5. The molecule has 0 saturated carbocycles. The summed E-state index contributed by atoms with van der Waals surface area (Å²) in [6, 6.07) is 5.27. The molecule has 0 bridgehead atoms. The van der Waals surface area contributed by atoms with Crippen molar-refractivity contribution in [2.45, 2.75) is 19.4 Å². The van der Waals surface area contributed by atoms with Crippen molar-refractivity contribution >= 4 is 12.2 Å². The lowest BCUT2D eigenvalue weighted by Gasteiger charge is -2.07. The smallest absolute Gasteiger partial charge is 0.217 e. The lowest BCUT2D eigenvalue weighted by molar-refractivity contribution is 0.112. The summed E-state index contributed by atoms with van der Waals surface area (Å²) in [5, 5.41) is 0. The maximum atomic E-state index is 11.0. The van der Waals surface area contributed by atoms with E-state index in [2.05, 4.69) is 4.99 Å². The van der Waals surface area contributed by atoms with Gasteiger partial charge in [0.15, 0.2) is 6.29 Å². The molecule has 1 aliphatic rings. The molecule has 0 unspecified atom stereocenters. The largest absolute Gasteiger partial charge is 0.497 e. The van der Waals surface area contributed by atoms with Crippen molar-refractivity contribution in [3.63, 3.8) is 0 Å². The predicted molar refractivity (Wildman–Crippen MR) is 64.9 cm³/mol. The highest BCUT2D eigenvalue weighted by Gasteiger charge is 2.28. The molecule has 0 aromatic heterocycles. The molecule has 4 heteroatoms. The van der Waals surface area contributed by atoms with Crippen molar-refractivity contribution in [1.29, 1.82) is 0 Å². The Kier molecular flexibility index (Phi) is 2.88. The van der Waals surface area contributed by atoms with E-state index in [4.69, 9.17) is 9.47 Å². The molecule has 0 N–H and O–H groups in total. The number of hydrogen-bond donors (Lipinski definition) is 0. The van der Waals surface area contributed by atoms with Gasteiger partial charge in [0.05, 0.1) is 12.6 Å². The standard InChI is InChI=1S/C13H15NO3/c1-13(2)8-17-12(14-13)11-5-4-10(16-3)6-9(11)7-15/h4-7H,8H2,1-3H3. The van der Waals surface area contributed by atoms with E-state index < -0.39 is 0 Å². The van der Waals surface area contributed by atoms with Crippen molar-refractivity contribution in [1.82, 2.24) is 0 Å². The Balaban J connectivity index is 2.43. The lowest BCUT2D eigenvalue weighted by atomic mass is 10.1. The van der Waals surface area contributed by atoms with Crippen LogP contribution in [0.5, 0.6) is 5.75 Å². The number of methoxy groups -OCH3 is 1. The SMILES string of the molecule is COc1ccc(C2=NC(C)(C)CO2)c(C=O)c1. The average Bonchev–Trinajstić information content (AvgIpc) is 2.68. The molecule has 0 fully saturated rings. The van der Waals surface area contributed by atoms with Gasteiger partial charge in [-0.3, -0.25) is 4.79 Å². The Hall–Kier alpha value is -1.84. The first-order valence-corrected chi connectivity index (χ1v) is 5.42. The molecule has 0 aliphatic carbocycles. The molecule has 0 radical (unpaired) electrons. The van der Waals surface area contributed by atoms with E-state index in [0.717, 1.165) is 6.29 Å². The Morgan fingerprint density at radius 2 is 2.24 bits per heavy atom. The lowest BCUT2D eigenvalue weighted by Crippen LogP contribution is -2.17. The number of carbonyl (C=O) groups is 1. The van der Waals surface area contributed by atoms with Gasteiger partial charge in [0.1, 0.15) is 12.4 Å². The van der Waals surface area contributed by atoms with Gasteiger partial charge in [-0.1, -0.05) is 0 Å². The van der Waals surface area contributed by atoms with Crippen LogP contribution in [0.15, 0.2) is 23.2 Å². The van der Waals surface area contributed by atoms with E-state index in [9.17, 15) is 4.79 Å². The first-order valence-electron chi connectivity index (χ1n) is 5.42. The van der Waals surface area contributed by atoms with E-state index in [1.54, 1.807) is 25.3 Å². The molecule has 2 rings (SSSR count). The normalized spacial score (nSPS) is 17.2. The molecule has 0 atom stereocenters. The number of rotatable bonds is 3. The van der Waals surface area contributed by atoms with Gasteiger partial charge in [-0.05, 0) is 32.0 Å². The number of aldehydes is 1. The van der Waals surface area contributed by atoms with Crippen molar-refractivity contribution in [2.24, 2.45) is 4.99 Å². The van der Waals surface area contributed by atoms with Crippen LogP contribution in [-0.4, -0.2) is 31.4 Å². The maximum Gasteiger partial charge on any atom is 0.217 e. The maximum absolute atomic E-state index is 11.0. The molecule has 1 aromatic carbocycles. The van der Waals surface area contributed by atoms with Crippen LogP contribution >= 0.6 is 0 Å². The van der Waals surface area contributed by atoms with E-state index in [1.165, 1.54) is 0 Å². The van der Waals surface area contributed by atoms with Gasteiger partial charge in [-0.15, -0.1) is 0 Å². The first-order chi connectivity index (χ1) is 8.05. The summed E-state index contributed by atoms with van der Waals surface area (Å²) in [5.41, 5.74) is 1.02. The molecule has 90 valence electrons. The second-order valence-corrected chi connectivity index (χ2v) is 4.59. The summed E-state index contributed by atoms with van der Waals surface area (Å²) in [5.74, 6) is 1.17. The molecule has 4 nitrogen and oxygen atoms in total. The molecule has 1 aliphatic heterocycles. The number of carbonyl (C=O) groups excluding carboxylic acids is 1. The Morgan fingerprint density at radius 1 is 1.47 bits per heavy atom. The van der Waals surface area contributed by atoms with Crippen LogP contribution in [0.4, 0.5) is 0 Å². The fourth-order valence-corrected chi connectivity index (χ4v) is 1.68. The van der Waals surface area contributed by atoms with Gasteiger partial charge in [0.2, 0.25) is 5.90 Å². The van der Waals surface area contributed by atoms with Gasteiger partial charge in [-0.2, -0.15) is 0 Å². The molecule has 1 heterocycles. The van der Waals surface area contributed by atoms with Crippen LogP contribution in [0, 0.1) is 0 Å². The van der Waals surface area contributed by atoms with Crippen molar-refractivity contribution in [3.05, 3.63) is 29.3 Å². The van der Waals surface area contributed by atoms with Gasteiger partial charge in [0, 0.05) is 11.1 Å². The van der Waals surface area contributed by atoms with Gasteiger partial charge < -0.3 is 9.47 Å². The molecular formula is C13H15NO3. The minimum atomic E-state index is -0.227. The van der Waals surface area contributed by atoms with Gasteiger partial charge in [0.25, 0.3) is 0 Å². The van der Waals surface area contributed by atoms with Gasteiger partial charge >= 0.3 is 0 Å². The average molecular weight is 233 g/mol. The van der Waals surface area contributed by atoms with E-state index in [1.807, 2.05) is 13.8 Å². The molecule has 17 heavy (non-hydrogen) atoms. The van der Waals surface area contributed by atoms with E-state index in [-0.39, 0.29) is 5.54 Å². The summed E-state index contributed by atoms with van der Waals surface area (Å²) >= 11 is 0. The summed E-state index contributed by atoms with van der Waals surface area (Å²) in [6.07, 6.45) is 0.787. The number of nitrogens with zero attached hydrogens (tertiary/aromatic N) is 1. The van der Waals surface area contributed by atoms with Crippen LogP contribution in [0.25, 0.3) is 0 Å². The zero-order chi connectivity index (χ0) is 12.5. The Morgan fingerprint density at radius 3 is 2.76 bits per heavy atom. The monoisotopic (exact) mass is 233 g/mol. The van der Waals surface area contributed by atoms with Crippen molar-refractivity contribution < 1.29 is 14.3 Å². The van der Waals surface area contributed by atoms with Crippen LogP contribution < -0.4 is 4.74 Å². The topological polar surface area (TPSA) is 47.9 Å². The van der Waals surface area contributed by atoms with Crippen molar-refractivity contribution in [2.75, 3.05) is 13.7 Å². The number of ether oxygens (including phenoxy) is 2. The molecule has 1 aromatic rings. The number of aliphatic imine (C=N–C) groups is 1.